The van der Waals surface area contributed by atoms with Crippen molar-refractivity contribution in [2.24, 2.45) is 7.05 Å². The fourth-order valence-electron chi connectivity index (χ4n) is 1.51. The normalized spacial score (nSPS) is 12.2. The third-order valence-corrected chi connectivity index (χ3v) is 4.42. The minimum Gasteiger partial charge on any atom is -0.325 e. The maximum Gasteiger partial charge on any atom is 0.237 e. The van der Waals surface area contributed by atoms with Crippen LogP contribution in [0.4, 0.5) is 5.69 Å². The summed E-state index contributed by atoms with van der Waals surface area (Å²) >= 11 is 4.77. The van der Waals surface area contributed by atoms with E-state index in [0.717, 1.165) is 21.1 Å². The molecule has 0 aliphatic carbocycles. The Morgan fingerprint density at radius 1 is 1.45 bits per heavy atom. The summed E-state index contributed by atoms with van der Waals surface area (Å²) in [6.07, 6.45) is 0. The number of aryl methyl sites for hydroxylation is 1. The number of nitrogens with zero attached hydrogens (tertiary/aromatic N) is 3. The van der Waals surface area contributed by atoms with Gasteiger partial charge in [0, 0.05) is 17.2 Å². The average molecular weight is 355 g/mol. The molecule has 1 heterocycles. The Balaban J connectivity index is 2.00. The highest BCUT2D eigenvalue weighted by atomic mass is 79.9. The highest BCUT2D eigenvalue weighted by Gasteiger charge is 2.18. The van der Waals surface area contributed by atoms with Crippen molar-refractivity contribution in [3.63, 3.8) is 0 Å². The van der Waals surface area contributed by atoms with Crippen molar-refractivity contribution in [3.8, 4) is 0 Å². The summed E-state index contributed by atoms with van der Waals surface area (Å²) in [7, 11) is 1.89. The van der Waals surface area contributed by atoms with E-state index in [9.17, 15) is 4.79 Å². The number of benzene rings is 1. The second-order valence-corrected chi connectivity index (χ2v) is 6.57. The molecule has 1 aromatic carbocycles. The van der Waals surface area contributed by atoms with E-state index in [1.54, 1.807) is 0 Å². The molecule has 2 rings (SSSR count). The van der Waals surface area contributed by atoms with Crippen molar-refractivity contribution < 1.29 is 4.79 Å². The number of hydrogen-bond donors (Lipinski definition) is 1. The second kappa shape index (κ2) is 6.41. The van der Waals surface area contributed by atoms with Gasteiger partial charge in [0.15, 0.2) is 5.16 Å². The highest BCUT2D eigenvalue weighted by molar-refractivity contribution is 9.10. The highest BCUT2D eigenvalue weighted by Crippen LogP contribution is 2.23. The number of anilines is 1. The summed E-state index contributed by atoms with van der Waals surface area (Å²) in [4.78, 5) is 12.1. The van der Waals surface area contributed by atoms with E-state index in [4.69, 9.17) is 0 Å². The summed E-state index contributed by atoms with van der Waals surface area (Å²) in [6.45, 7) is 3.73. The summed E-state index contributed by atoms with van der Waals surface area (Å²) in [5.41, 5.74) is 0.769. The molecule has 7 heteroatoms. The zero-order chi connectivity index (χ0) is 14.7. The zero-order valence-electron chi connectivity index (χ0n) is 11.4. The lowest BCUT2D eigenvalue weighted by atomic mass is 10.3. The van der Waals surface area contributed by atoms with Gasteiger partial charge >= 0.3 is 0 Å². The molecule has 0 radical (unpaired) electrons. The molecule has 106 valence electrons. The lowest BCUT2D eigenvalue weighted by molar-refractivity contribution is -0.115. The number of carbonyl (C=O) groups is 1. The number of carbonyl (C=O) groups excluding carboxylic acids is 1. The summed E-state index contributed by atoms with van der Waals surface area (Å²) in [5.74, 6) is 0.765. The van der Waals surface area contributed by atoms with E-state index < -0.39 is 0 Å². The van der Waals surface area contributed by atoms with E-state index in [0.29, 0.717) is 0 Å². The zero-order valence-corrected chi connectivity index (χ0v) is 13.8. The van der Waals surface area contributed by atoms with Crippen molar-refractivity contribution in [2.45, 2.75) is 24.3 Å². The van der Waals surface area contributed by atoms with Gasteiger partial charge in [0.05, 0.1) is 5.25 Å². The molecule has 0 bridgehead atoms. The number of amides is 1. The third kappa shape index (κ3) is 3.61. The van der Waals surface area contributed by atoms with Gasteiger partial charge in [0.25, 0.3) is 0 Å². The molecule has 0 aliphatic rings. The Labute approximate surface area is 130 Å². The number of hydrogen-bond acceptors (Lipinski definition) is 4. The largest absolute Gasteiger partial charge is 0.325 e. The molecule has 0 saturated carbocycles. The van der Waals surface area contributed by atoms with E-state index in [-0.39, 0.29) is 11.2 Å². The molecular formula is C13H15BrN4OS. The molecule has 1 atom stereocenters. The van der Waals surface area contributed by atoms with E-state index in [1.807, 2.05) is 49.7 Å². The first-order valence-electron chi connectivity index (χ1n) is 6.06. The molecule has 0 fully saturated rings. The van der Waals surface area contributed by atoms with Crippen LogP contribution in [0.25, 0.3) is 0 Å². The van der Waals surface area contributed by atoms with Gasteiger partial charge in [-0.15, -0.1) is 10.2 Å². The predicted octanol–water partition coefficient (Wildman–Crippen LogP) is 3.01. The van der Waals surface area contributed by atoms with Crippen molar-refractivity contribution in [2.75, 3.05) is 5.32 Å². The fourth-order valence-corrected chi connectivity index (χ4v) is 2.77. The molecule has 1 amide bonds. The minimum atomic E-state index is -0.253. The Hall–Kier alpha value is -1.34. The van der Waals surface area contributed by atoms with Crippen molar-refractivity contribution >= 4 is 39.3 Å². The molecule has 0 saturated heterocycles. The lowest BCUT2D eigenvalue weighted by Gasteiger charge is -2.11. The van der Waals surface area contributed by atoms with Gasteiger partial charge in [-0.1, -0.05) is 33.8 Å². The van der Waals surface area contributed by atoms with Crippen molar-refractivity contribution in [1.82, 2.24) is 14.8 Å². The van der Waals surface area contributed by atoms with Crippen molar-refractivity contribution in [3.05, 3.63) is 34.6 Å². The molecule has 0 aliphatic heterocycles. The molecule has 0 spiro atoms. The number of rotatable bonds is 4. The van der Waals surface area contributed by atoms with Crippen LogP contribution in [0, 0.1) is 6.92 Å². The fraction of sp³-hybridized carbons (Fsp3) is 0.308. The van der Waals surface area contributed by atoms with Gasteiger partial charge in [0.1, 0.15) is 5.82 Å². The molecule has 0 unspecified atom stereocenters. The second-order valence-electron chi connectivity index (χ2n) is 4.35. The Morgan fingerprint density at radius 2 is 2.20 bits per heavy atom. The van der Waals surface area contributed by atoms with E-state index in [2.05, 4.69) is 31.4 Å². The third-order valence-electron chi connectivity index (χ3n) is 2.80. The van der Waals surface area contributed by atoms with Gasteiger partial charge in [-0.05, 0) is 32.0 Å². The molecule has 1 N–H and O–H groups in total. The van der Waals surface area contributed by atoms with Gasteiger partial charge < -0.3 is 9.88 Å². The SMILES string of the molecule is Cc1nnc(S[C@H](C)C(=O)Nc2cccc(Br)c2)n1C. The van der Waals surface area contributed by atoms with Gasteiger partial charge in [-0.3, -0.25) is 4.79 Å². The van der Waals surface area contributed by atoms with Crippen LogP contribution in [0.3, 0.4) is 0 Å². The molecule has 2 aromatic rings. The number of nitrogens with one attached hydrogen (secondary N) is 1. The first kappa shape index (κ1) is 15.1. The lowest BCUT2D eigenvalue weighted by Crippen LogP contribution is -2.22. The Morgan fingerprint density at radius 3 is 2.80 bits per heavy atom. The average Bonchev–Trinajstić information content (AvgIpc) is 2.70. The van der Waals surface area contributed by atoms with Crippen LogP contribution < -0.4 is 5.32 Å². The molecular weight excluding hydrogens is 340 g/mol. The first-order chi connectivity index (χ1) is 9.47. The monoisotopic (exact) mass is 354 g/mol. The van der Waals surface area contributed by atoms with Crippen LogP contribution >= 0.6 is 27.7 Å². The molecule has 20 heavy (non-hydrogen) atoms. The quantitative estimate of drug-likeness (QED) is 0.857. The smallest absolute Gasteiger partial charge is 0.237 e. The standard InChI is InChI=1S/C13H15BrN4OS/c1-8(20-13-17-16-9(2)18(13)3)12(19)15-11-6-4-5-10(14)7-11/h4-8H,1-3H3,(H,15,19)/t8-/m1/s1. The minimum absolute atomic E-state index is 0.0613. The van der Waals surface area contributed by atoms with E-state index in [1.165, 1.54) is 11.8 Å². The van der Waals surface area contributed by atoms with Crippen LogP contribution in [-0.2, 0) is 11.8 Å². The maximum atomic E-state index is 12.1. The van der Waals surface area contributed by atoms with Gasteiger partial charge in [-0.2, -0.15) is 0 Å². The molecule has 5 nitrogen and oxygen atoms in total. The van der Waals surface area contributed by atoms with E-state index >= 15 is 0 Å². The van der Waals surface area contributed by atoms with Gasteiger partial charge in [0.2, 0.25) is 5.91 Å². The summed E-state index contributed by atoms with van der Waals surface area (Å²) in [5, 5.41) is 11.4. The topological polar surface area (TPSA) is 59.8 Å². The van der Waals surface area contributed by atoms with Crippen LogP contribution in [0.5, 0.6) is 0 Å². The first-order valence-corrected chi connectivity index (χ1v) is 7.73. The van der Waals surface area contributed by atoms with Crippen LogP contribution in [0.1, 0.15) is 12.7 Å². The van der Waals surface area contributed by atoms with Crippen LogP contribution in [-0.4, -0.2) is 25.9 Å². The van der Waals surface area contributed by atoms with Crippen LogP contribution in [0.15, 0.2) is 33.9 Å². The summed E-state index contributed by atoms with van der Waals surface area (Å²) in [6, 6.07) is 7.51. The Kier molecular flexibility index (Phi) is 4.82. The number of aromatic nitrogens is 3. The predicted molar refractivity (Wildman–Crippen MR) is 83.8 cm³/mol. The van der Waals surface area contributed by atoms with Gasteiger partial charge in [-0.25, -0.2) is 0 Å². The Bertz CT molecular complexity index is 629. The molecule has 1 aromatic heterocycles. The number of thioether (sulfide) groups is 1. The number of halogens is 1. The van der Waals surface area contributed by atoms with Crippen LogP contribution in [0.2, 0.25) is 0 Å². The summed E-state index contributed by atoms with van der Waals surface area (Å²) < 4.78 is 2.80. The van der Waals surface area contributed by atoms with Crippen molar-refractivity contribution in [1.29, 1.82) is 0 Å². The maximum absolute atomic E-state index is 12.1.